The molecule has 0 saturated heterocycles. The van der Waals surface area contributed by atoms with Crippen LogP contribution in [0.5, 0.6) is 11.5 Å². The van der Waals surface area contributed by atoms with E-state index in [1.165, 1.54) is 18.3 Å². The Hall–Kier alpha value is -3.33. The van der Waals surface area contributed by atoms with E-state index in [1.807, 2.05) is 38.1 Å². The Kier molecular flexibility index (Phi) is 8.33. The number of alkyl halides is 3. The first-order chi connectivity index (χ1) is 16.2. The summed E-state index contributed by atoms with van der Waals surface area (Å²) in [5, 5.41) is 3.87. The molecule has 34 heavy (non-hydrogen) atoms. The molecular formula is C25H22BrF3N2O3. The Labute approximate surface area is 203 Å². The second kappa shape index (κ2) is 11.2. The van der Waals surface area contributed by atoms with E-state index in [1.54, 1.807) is 12.1 Å². The number of amides is 1. The van der Waals surface area contributed by atoms with Crippen LogP contribution in [0.3, 0.4) is 0 Å². The zero-order valence-electron chi connectivity index (χ0n) is 18.4. The van der Waals surface area contributed by atoms with Gasteiger partial charge in [0.1, 0.15) is 6.61 Å². The topological polar surface area (TPSA) is 59.9 Å². The molecule has 0 unspecified atom stereocenters. The Balaban J connectivity index is 1.72. The zero-order valence-corrected chi connectivity index (χ0v) is 20.0. The molecule has 0 aliphatic carbocycles. The summed E-state index contributed by atoms with van der Waals surface area (Å²) in [4.78, 5) is 12.2. The minimum Gasteiger partial charge on any atom is -0.490 e. The first-order valence-corrected chi connectivity index (χ1v) is 11.1. The Morgan fingerprint density at radius 2 is 1.76 bits per heavy atom. The van der Waals surface area contributed by atoms with Crippen molar-refractivity contribution in [2.24, 2.45) is 5.10 Å². The van der Waals surface area contributed by atoms with Gasteiger partial charge in [-0.15, -0.1) is 0 Å². The van der Waals surface area contributed by atoms with Gasteiger partial charge in [-0.05, 0) is 65.7 Å². The molecule has 0 fully saturated rings. The molecule has 178 valence electrons. The summed E-state index contributed by atoms with van der Waals surface area (Å²) in [6.07, 6.45) is -3.18. The highest BCUT2D eigenvalue weighted by Crippen LogP contribution is 2.34. The number of carbonyl (C=O) groups excluding carboxylic acids is 1. The largest absolute Gasteiger partial charge is 0.490 e. The lowest BCUT2D eigenvalue weighted by atomic mass is 10.1. The van der Waals surface area contributed by atoms with Crippen molar-refractivity contribution >= 4 is 28.1 Å². The Morgan fingerprint density at radius 1 is 1.06 bits per heavy atom. The number of rotatable bonds is 8. The number of aryl methyl sites for hydroxylation is 1. The van der Waals surface area contributed by atoms with Crippen LogP contribution in [0.4, 0.5) is 13.2 Å². The number of halogens is 4. The van der Waals surface area contributed by atoms with E-state index in [-0.39, 0.29) is 5.56 Å². The summed E-state index contributed by atoms with van der Waals surface area (Å²) in [5.74, 6) is 0.254. The molecule has 5 nitrogen and oxygen atoms in total. The molecule has 0 bridgehead atoms. The molecule has 0 radical (unpaired) electrons. The SMILES string of the molecule is CCOc1cc(/C=N\NC(=O)c2cccc(C(F)(F)F)c2)c(Br)cc1OCc1ccc(C)cc1. The van der Waals surface area contributed by atoms with Crippen molar-refractivity contribution in [2.75, 3.05) is 6.61 Å². The molecule has 3 aromatic carbocycles. The fourth-order valence-corrected chi connectivity index (χ4v) is 3.36. The van der Waals surface area contributed by atoms with Crippen molar-refractivity contribution in [3.8, 4) is 11.5 Å². The van der Waals surface area contributed by atoms with Gasteiger partial charge < -0.3 is 9.47 Å². The van der Waals surface area contributed by atoms with Crippen LogP contribution in [0.2, 0.25) is 0 Å². The van der Waals surface area contributed by atoms with Gasteiger partial charge in [-0.3, -0.25) is 4.79 Å². The second-order valence-corrected chi connectivity index (χ2v) is 8.16. The molecule has 0 spiro atoms. The first-order valence-electron chi connectivity index (χ1n) is 10.3. The second-order valence-electron chi connectivity index (χ2n) is 7.31. The predicted molar refractivity (Wildman–Crippen MR) is 127 cm³/mol. The third kappa shape index (κ3) is 6.84. The number of nitrogens with zero attached hydrogens (tertiary/aromatic N) is 1. The Morgan fingerprint density at radius 3 is 2.44 bits per heavy atom. The van der Waals surface area contributed by atoms with Gasteiger partial charge in [0, 0.05) is 15.6 Å². The standard InChI is InChI=1S/C25H22BrF3N2O3/c1-3-33-22-12-19(21(26)13-23(22)34-15-17-9-7-16(2)8-10-17)14-30-31-24(32)18-5-4-6-20(11-18)25(27,28)29/h4-14H,3,15H2,1-2H3,(H,31,32)/b30-14-. The van der Waals surface area contributed by atoms with Crippen LogP contribution < -0.4 is 14.9 Å². The number of hydrazone groups is 1. The lowest BCUT2D eigenvalue weighted by Crippen LogP contribution is -2.18. The number of hydrogen-bond acceptors (Lipinski definition) is 4. The third-order valence-electron chi connectivity index (χ3n) is 4.70. The smallest absolute Gasteiger partial charge is 0.416 e. The van der Waals surface area contributed by atoms with Crippen molar-refractivity contribution in [1.82, 2.24) is 5.43 Å². The minimum absolute atomic E-state index is 0.152. The van der Waals surface area contributed by atoms with Gasteiger partial charge in [-0.2, -0.15) is 18.3 Å². The summed E-state index contributed by atoms with van der Waals surface area (Å²) in [6, 6.07) is 15.5. The molecule has 0 saturated carbocycles. The lowest BCUT2D eigenvalue weighted by molar-refractivity contribution is -0.137. The van der Waals surface area contributed by atoms with E-state index in [9.17, 15) is 18.0 Å². The van der Waals surface area contributed by atoms with Crippen LogP contribution in [0.25, 0.3) is 0 Å². The van der Waals surface area contributed by atoms with Crippen LogP contribution in [0, 0.1) is 6.92 Å². The zero-order chi connectivity index (χ0) is 24.7. The van der Waals surface area contributed by atoms with Crippen molar-refractivity contribution in [3.63, 3.8) is 0 Å². The molecule has 3 aromatic rings. The fourth-order valence-electron chi connectivity index (χ4n) is 2.94. The van der Waals surface area contributed by atoms with E-state index in [0.29, 0.717) is 34.7 Å². The van der Waals surface area contributed by atoms with E-state index in [2.05, 4.69) is 26.5 Å². The molecule has 9 heteroatoms. The summed E-state index contributed by atoms with van der Waals surface area (Å²) < 4.78 is 50.8. The third-order valence-corrected chi connectivity index (χ3v) is 5.39. The summed E-state index contributed by atoms with van der Waals surface area (Å²) >= 11 is 3.45. The van der Waals surface area contributed by atoms with Gasteiger partial charge in [-0.25, -0.2) is 5.43 Å². The highest BCUT2D eigenvalue weighted by molar-refractivity contribution is 9.10. The van der Waals surface area contributed by atoms with E-state index >= 15 is 0 Å². The van der Waals surface area contributed by atoms with Crippen molar-refractivity contribution in [1.29, 1.82) is 0 Å². The summed E-state index contributed by atoms with van der Waals surface area (Å²) in [5.41, 5.74) is 3.92. The number of hydrogen-bond donors (Lipinski definition) is 1. The highest BCUT2D eigenvalue weighted by atomic mass is 79.9. The monoisotopic (exact) mass is 534 g/mol. The maximum absolute atomic E-state index is 12.9. The molecule has 0 heterocycles. The van der Waals surface area contributed by atoms with Gasteiger partial charge in [0.25, 0.3) is 5.91 Å². The van der Waals surface area contributed by atoms with Crippen LogP contribution in [-0.2, 0) is 12.8 Å². The van der Waals surface area contributed by atoms with E-state index in [0.717, 1.165) is 23.3 Å². The minimum atomic E-state index is -4.54. The predicted octanol–water partition coefficient (Wildman–Crippen LogP) is 6.52. The molecule has 1 N–H and O–H groups in total. The highest BCUT2D eigenvalue weighted by Gasteiger charge is 2.30. The molecule has 3 rings (SSSR count). The lowest BCUT2D eigenvalue weighted by Gasteiger charge is -2.14. The van der Waals surface area contributed by atoms with Gasteiger partial charge in [-0.1, -0.05) is 35.9 Å². The van der Waals surface area contributed by atoms with E-state index < -0.39 is 17.6 Å². The normalized spacial score (nSPS) is 11.5. The molecule has 0 aromatic heterocycles. The average Bonchev–Trinajstić information content (AvgIpc) is 2.80. The van der Waals surface area contributed by atoms with Gasteiger partial charge >= 0.3 is 6.18 Å². The van der Waals surface area contributed by atoms with Crippen molar-refractivity contribution < 1.29 is 27.4 Å². The molecule has 1 amide bonds. The summed E-state index contributed by atoms with van der Waals surface area (Å²) in [7, 11) is 0. The molecule has 0 atom stereocenters. The van der Waals surface area contributed by atoms with Crippen molar-refractivity contribution in [2.45, 2.75) is 26.6 Å². The van der Waals surface area contributed by atoms with Gasteiger partial charge in [0.15, 0.2) is 11.5 Å². The maximum Gasteiger partial charge on any atom is 0.416 e. The van der Waals surface area contributed by atoms with Crippen LogP contribution in [-0.4, -0.2) is 18.7 Å². The van der Waals surface area contributed by atoms with Crippen LogP contribution >= 0.6 is 15.9 Å². The number of ether oxygens (including phenoxy) is 2. The molecular weight excluding hydrogens is 513 g/mol. The quantitative estimate of drug-likeness (QED) is 0.264. The van der Waals surface area contributed by atoms with Crippen LogP contribution in [0.15, 0.2) is 70.2 Å². The fraction of sp³-hybridized carbons (Fsp3) is 0.200. The van der Waals surface area contributed by atoms with E-state index in [4.69, 9.17) is 9.47 Å². The number of benzene rings is 3. The maximum atomic E-state index is 12.9. The van der Waals surface area contributed by atoms with Gasteiger partial charge in [0.05, 0.1) is 18.4 Å². The Bertz CT molecular complexity index is 1180. The van der Waals surface area contributed by atoms with Crippen molar-refractivity contribution in [3.05, 3.63) is 93.0 Å². The van der Waals surface area contributed by atoms with Crippen LogP contribution in [0.1, 0.15) is 39.5 Å². The average molecular weight is 535 g/mol. The molecule has 0 aliphatic rings. The van der Waals surface area contributed by atoms with Gasteiger partial charge in [0.2, 0.25) is 0 Å². The molecule has 0 aliphatic heterocycles. The summed E-state index contributed by atoms with van der Waals surface area (Å²) in [6.45, 7) is 4.62. The number of carbonyl (C=O) groups is 1. The number of nitrogens with one attached hydrogen (secondary N) is 1. The first kappa shape index (κ1) is 25.3.